The molecule has 3 rings (SSSR count). The summed E-state index contributed by atoms with van der Waals surface area (Å²) in [7, 11) is 0. The van der Waals surface area contributed by atoms with Crippen LogP contribution in [0.1, 0.15) is 26.3 Å². The lowest BCUT2D eigenvalue weighted by Crippen LogP contribution is -2.18. The Balaban J connectivity index is 1.76. The van der Waals surface area contributed by atoms with E-state index in [0.717, 1.165) is 6.21 Å². The highest BCUT2D eigenvalue weighted by Gasteiger charge is 2.27. The van der Waals surface area contributed by atoms with E-state index in [1.165, 1.54) is 24.5 Å². The lowest BCUT2D eigenvalue weighted by atomic mass is 10.1. The number of benzene rings is 1. The number of ketones is 1. The first-order valence-corrected chi connectivity index (χ1v) is 6.49. The second kappa shape index (κ2) is 5.61. The Kier molecular flexibility index (Phi) is 3.49. The number of aliphatic hydroxyl groups excluding tert-OH is 1. The molecule has 0 spiro atoms. The zero-order valence-corrected chi connectivity index (χ0v) is 11.4. The number of hydrazone groups is 1. The van der Waals surface area contributed by atoms with Gasteiger partial charge in [-0.15, -0.1) is 0 Å². The number of nitrogens with zero attached hydrogens (tertiary/aromatic N) is 2. The molecule has 0 saturated carbocycles. The average molecular weight is 293 g/mol. The minimum atomic E-state index is -0.429. The number of fused-ring (bicyclic) bond motifs is 1. The van der Waals surface area contributed by atoms with E-state index in [1.807, 2.05) is 0 Å². The third kappa shape index (κ3) is 2.37. The largest absolute Gasteiger partial charge is 0.506 e. The molecular formula is C16H11N3O3. The first kappa shape index (κ1) is 13.7. The van der Waals surface area contributed by atoms with Crippen LogP contribution in [0, 0.1) is 0 Å². The minimum Gasteiger partial charge on any atom is -0.506 e. The summed E-state index contributed by atoms with van der Waals surface area (Å²) in [5, 5.41) is 13.8. The topological polar surface area (TPSA) is 91.6 Å². The molecule has 1 heterocycles. The van der Waals surface area contributed by atoms with Crippen molar-refractivity contribution < 1.29 is 14.7 Å². The quantitative estimate of drug-likeness (QED) is 0.668. The lowest BCUT2D eigenvalue weighted by Gasteiger charge is -1.98. The molecule has 0 fully saturated rings. The Morgan fingerprint density at radius 1 is 1.14 bits per heavy atom. The summed E-state index contributed by atoms with van der Waals surface area (Å²) < 4.78 is 0. The molecule has 2 aromatic rings. The minimum absolute atomic E-state index is 0.0521. The number of amides is 1. The van der Waals surface area contributed by atoms with Crippen LogP contribution in [0.5, 0.6) is 0 Å². The van der Waals surface area contributed by atoms with E-state index in [-0.39, 0.29) is 17.1 Å². The van der Waals surface area contributed by atoms with Gasteiger partial charge in [0.25, 0.3) is 5.91 Å². The summed E-state index contributed by atoms with van der Waals surface area (Å²) in [5.41, 5.74) is 3.63. The van der Waals surface area contributed by atoms with Gasteiger partial charge in [0.2, 0.25) is 0 Å². The molecule has 6 heteroatoms. The Morgan fingerprint density at radius 3 is 2.50 bits per heavy atom. The smallest absolute Gasteiger partial charge is 0.271 e. The number of carbonyl (C=O) groups excluding carboxylic acids is 2. The fourth-order valence-electron chi connectivity index (χ4n) is 2.13. The Labute approximate surface area is 125 Å². The molecule has 1 amide bonds. The average Bonchev–Trinajstić information content (AvgIpc) is 2.81. The zero-order valence-electron chi connectivity index (χ0n) is 11.4. The molecule has 0 atom stereocenters. The number of nitrogens with one attached hydrogen (secondary N) is 1. The number of aromatic nitrogens is 1. The van der Waals surface area contributed by atoms with Gasteiger partial charge in [-0.3, -0.25) is 14.6 Å². The highest BCUT2D eigenvalue weighted by atomic mass is 16.3. The van der Waals surface area contributed by atoms with E-state index in [0.29, 0.717) is 16.7 Å². The predicted molar refractivity (Wildman–Crippen MR) is 80.5 cm³/mol. The van der Waals surface area contributed by atoms with Crippen LogP contribution in [0.3, 0.4) is 0 Å². The van der Waals surface area contributed by atoms with Crippen molar-refractivity contribution in [1.29, 1.82) is 0 Å². The number of rotatable bonds is 3. The number of allylic oxidation sites excluding steroid dienone is 1. The molecule has 0 radical (unpaired) electrons. The van der Waals surface area contributed by atoms with Crippen LogP contribution in [-0.2, 0) is 0 Å². The van der Waals surface area contributed by atoms with Crippen molar-refractivity contribution in [2.45, 2.75) is 0 Å². The van der Waals surface area contributed by atoms with E-state index in [9.17, 15) is 14.7 Å². The summed E-state index contributed by atoms with van der Waals surface area (Å²) in [6.45, 7) is 0. The number of Topliss-reactive ketones (excluding diaryl/α,β-unsaturated/α-hetero) is 1. The number of pyridine rings is 1. The maximum absolute atomic E-state index is 12.1. The van der Waals surface area contributed by atoms with Crippen molar-refractivity contribution in [3.8, 4) is 0 Å². The third-order valence-electron chi connectivity index (χ3n) is 3.23. The Bertz CT molecular complexity index is 810. The van der Waals surface area contributed by atoms with Gasteiger partial charge in [-0.2, -0.15) is 5.10 Å². The standard InChI is InChI=1S/C16H11N3O3/c20-14-11-3-1-2-4-12(11)15(21)13(14)9-18-19-16(22)10-5-7-17-8-6-10/h1-9,20H,(H,19,22)/b18-9+. The van der Waals surface area contributed by atoms with Gasteiger partial charge in [0.1, 0.15) is 5.76 Å². The molecule has 1 aromatic carbocycles. The highest BCUT2D eigenvalue weighted by Crippen LogP contribution is 2.29. The Hall–Kier alpha value is -3.28. The van der Waals surface area contributed by atoms with Crippen LogP contribution < -0.4 is 5.43 Å². The van der Waals surface area contributed by atoms with E-state index in [1.54, 1.807) is 24.3 Å². The molecule has 1 aliphatic carbocycles. The number of carbonyl (C=O) groups is 2. The monoisotopic (exact) mass is 293 g/mol. The first-order chi connectivity index (χ1) is 10.7. The zero-order chi connectivity index (χ0) is 15.5. The summed E-state index contributed by atoms with van der Waals surface area (Å²) in [5.74, 6) is -0.890. The van der Waals surface area contributed by atoms with E-state index >= 15 is 0 Å². The summed E-state index contributed by atoms with van der Waals surface area (Å²) >= 11 is 0. The molecule has 22 heavy (non-hydrogen) atoms. The first-order valence-electron chi connectivity index (χ1n) is 6.49. The van der Waals surface area contributed by atoms with Crippen molar-refractivity contribution in [2.24, 2.45) is 5.10 Å². The van der Waals surface area contributed by atoms with E-state index < -0.39 is 5.91 Å². The molecule has 108 valence electrons. The second-order valence-corrected chi connectivity index (χ2v) is 4.57. The van der Waals surface area contributed by atoms with Gasteiger partial charge >= 0.3 is 0 Å². The van der Waals surface area contributed by atoms with Crippen molar-refractivity contribution in [3.63, 3.8) is 0 Å². The molecule has 0 aliphatic heterocycles. The molecule has 2 N–H and O–H groups in total. The Morgan fingerprint density at radius 2 is 1.82 bits per heavy atom. The van der Waals surface area contributed by atoms with Gasteiger partial charge in [-0.25, -0.2) is 5.43 Å². The third-order valence-corrected chi connectivity index (χ3v) is 3.23. The molecule has 1 aliphatic rings. The van der Waals surface area contributed by atoms with Crippen LogP contribution in [0.4, 0.5) is 0 Å². The highest BCUT2D eigenvalue weighted by molar-refractivity contribution is 6.30. The molecule has 0 saturated heterocycles. The molecule has 1 aromatic heterocycles. The number of hydrogen-bond donors (Lipinski definition) is 2. The maximum atomic E-state index is 12.1. The summed E-state index contributed by atoms with van der Waals surface area (Å²) in [6.07, 6.45) is 4.13. The normalized spacial score (nSPS) is 13.5. The van der Waals surface area contributed by atoms with Crippen LogP contribution in [-0.4, -0.2) is 28.0 Å². The van der Waals surface area contributed by atoms with Crippen molar-refractivity contribution in [3.05, 3.63) is 71.1 Å². The maximum Gasteiger partial charge on any atom is 0.271 e. The second-order valence-electron chi connectivity index (χ2n) is 4.57. The predicted octanol–water partition coefficient (Wildman–Crippen LogP) is 1.96. The molecule has 0 unspecified atom stereocenters. The van der Waals surface area contributed by atoms with Gasteiger partial charge in [-0.1, -0.05) is 24.3 Å². The van der Waals surface area contributed by atoms with E-state index in [2.05, 4.69) is 15.5 Å². The van der Waals surface area contributed by atoms with Crippen LogP contribution in [0.25, 0.3) is 5.76 Å². The van der Waals surface area contributed by atoms with Gasteiger partial charge < -0.3 is 5.11 Å². The van der Waals surface area contributed by atoms with Crippen molar-refractivity contribution in [1.82, 2.24) is 10.4 Å². The van der Waals surface area contributed by atoms with Crippen LogP contribution in [0.2, 0.25) is 0 Å². The lowest BCUT2D eigenvalue weighted by molar-refractivity contribution is 0.0953. The number of aliphatic hydroxyl groups is 1. The van der Waals surface area contributed by atoms with Crippen LogP contribution >= 0.6 is 0 Å². The fourth-order valence-corrected chi connectivity index (χ4v) is 2.13. The van der Waals surface area contributed by atoms with Crippen molar-refractivity contribution >= 4 is 23.7 Å². The van der Waals surface area contributed by atoms with Gasteiger partial charge in [0.15, 0.2) is 5.78 Å². The molecule has 0 bridgehead atoms. The SMILES string of the molecule is O=C(N/N=C/C1=C(O)c2ccccc2C1=O)c1ccncc1. The van der Waals surface area contributed by atoms with Crippen molar-refractivity contribution in [2.75, 3.05) is 0 Å². The fraction of sp³-hybridized carbons (Fsp3) is 0. The van der Waals surface area contributed by atoms with Crippen LogP contribution in [0.15, 0.2) is 59.5 Å². The molecule has 6 nitrogen and oxygen atoms in total. The summed E-state index contributed by atoms with van der Waals surface area (Å²) in [6, 6.07) is 9.81. The number of hydrogen-bond acceptors (Lipinski definition) is 5. The van der Waals surface area contributed by atoms with Gasteiger partial charge in [0, 0.05) is 29.1 Å². The summed E-state index contributed by atoms with van der Waals surface area (Å²) in [4.78, 5) is 27.7. The van der Waals surface area contributed by atoms with Gasteiger partial charge in [0.05, 0.1) is 11.8 Å². The van der Waals surface area contributed by atoms with Gasteiger partial charge in [-0.05, 0) is 12.1 Å². The molecular weight excluding hydrogens is 282 g/mol. The van der Waals surface area contributed by atoms with E-state index in [4.69, 9.17) is 0 Å².